The molecular formula is C15H18N2O2. The molecule has 0 aliphatic carbocycles. The Hall–Kier alpha value is -2.02. The van der Waals surface area contributed by atoms with E-state index in [1.807, 2.05) is 39.0 Å². The summed E-state index contributed by atoms with van der Waals surface area (Å²) in [6.45, 7) is 6.75. The minimum atomic E-state index is -0.480. The van der Waals surface area contributed by atoms with Gasteiger partial charge in [-0.2, -0.15) is 5.26 Å². The van der Waals surface area contributed by atoms with Gasteiger partial charge in [0.25, 0.3) is 0 Å². The fourth-order valence-corrected chi connectivity index (χ4v) is 2.11. The van der Waals surface area contributed by atoms with E-state index >= 15 is 0 Å². The minimum Gasteiger partial charge on any atom is -0.444 e. The molecule has 0 saturated heterocycles. The first-order valence-electron chi connectivity index (χ1n) is 6.39. The Morgan fingerprint density at radius 1 is 1.37 bits per heavy atom. The quantitative estimate of drug-likeness (QED) is 0.719. The van der Waals surface area contributed by atoms with E-state index in [0.29, 0.717) is 18.7 Å². The first-order chi connectivity index (χ1) is 8.89. The van der Waals surface area contributed by atoms with Gasteiger partial charge in [0.1, 0.15) is 5.60 Å². The number of hydrogen-bond acceptors (Lipinski definition) is 3. The summed E-state index contributed by atoms with van der Waals surface area (Å²) in [6.07, 6.45) is 0.515. The Morgan fingerprint density at radius 2 is 2.11 bits per heavy atom. The summed E-state index contributed by atoms with van der Waals surface area (Å²) in [5.41, 5.74) is 2.39. The lowest BCUT2D eigenvalue weighted by Crippen LogP contribution is -2.39. The van der Waals surface area contributed by atoms with Crippen molar-refractivity contribution in [3.63, 3.8) is 0 Å². The Bertz CT molecular complexity index is 538. The Balaban J connectivity index is 2.13. The third-order valence-electron chi connectivity index (χ3n) is 3.00. The van der Waals surface area contributed by atoms with Gasteiger partial charge in [-0.25, -0.2) is 4.79 Å². The lowest BCUT2D eigenvalue weighted by atomic mass is 9.98. The van der Waals surface area contributed by atoms with E-state index in [0.717, 1.165) is 12.0 Å². The van der Waals surface area contributed by atoms with Crippen LogP contribution in [0.2, 0.25) is 0 Å². The van der Waals surface area contributed by atoms with Gasteiger partial charge in [-0.15, -0.1) is 0 Å². The van der Waals surface area contributed by atoms with Crippen LogP contribution in [0.3, 0.4) is 0 Å². The fraction of sp³-hybridized carbons (Fsp3) is 0.467. The summed E-state index contributed by atoms with van der Waals surface area (Å²) < 4.78 is 5.37. The maximum Gasteiger partial charge on any atom is 0.410 e. The summed E-state index contributed by atoms with van der Waals surface area (Å²) in [7, 11) is 0. The number of fused-ring (bicyclic) bond motifs is 1. The maximum absolute atomic E-state index is 12.0. The summed E-state index contributed by atoms with van der Waals surface area (Å²) in [5, 5.41) is 8.91. The second-order valence-electron chi connectivity index (χ2n) is 5.75. The molecule has 2 rings (SSSR count). The molecule has 1 amide bonds. The van der Waals surface area contributed by atoms with Crippen molar-refractivity contribution in [2.75, 3.05) is 6.54 Å². The maximum atomic E-state index is 12.0. The van der Waals surface area contributed by atoms with Crippen molar-refractivity contribution in [3.05, 3.63) is 34.9 Å². The lowest BCUT2D eigenvalue weighted by molar-refractivity contribution is 0.0224. The molecule has 1 aliphatic rings. The molecule has 0 saturated carbocycles. The van der Waals surface area contributed by atoms with Crippen molar-refractivity contribution in [1.29, 1.82) is 5.26 Å². The molecule has 0 fully saturated rings. The van der Waals surface area contributed by atoms with Crippen molar-refractivity contribution < 1.29 is 9.53 Å². The van der Waals surface area contributed by atoms with Crippen LogP contribution in [0.1, 0.15) is 37.5 Å². The predicted octanol–water partition coefficient (Wildman–Crippen LogP) is 2.85. The van der Waals surface area contributed by atoms with Gasteiger partial charge in [-0.05, 0) is 50.5 Å². The largest absolute Gasteiger partial charge is 0.444 e. The third-order valence-corrected chi connectivity index (χ3v) is 3.00. The smallest absolute Gasteiger partial charge is 0.410 e. The van der Waals surface area contributed by atoms with Gasteiger partial charge in [-0.3, -0.25) is 0 Å². The highest BCUT2D eigenvalue weighted by Gasteiger charge is 2.25. The van der Waals surface area contributed by atoms with Gasteiger partial charge in [0.2, 0.25) is 0 Å². The zero-order valence-electron chi connectivity index (χ0n) is 11.6. The van der Waals surface area contributed by atoms with Gasteiger partial charge in [0.15, 0.2) is 0 Å². The van der Waals surface area contributed by atoms with Gasteiger partial charge in [-0.1, -0.05) is 6.07 Å². The number of ether oxygens (including phenoxy) is 1. The fourth-order valence-electron chi connectivity index (χ4n) is 2.11. The van der Waals surface area contributed by atoms with Crippen LogP contribution < -0.4 is 0 Å². The molecule has 0 bridgehead atoms. The van der Waals surface area contributed by atoms with Crippen LogP contribution >= 0.6 is 0 Å². The molecule has 0 spiro atoms. The second kappa shape index (κ2) is 4.93. The number of carbonyl (C=O) groups excluding carboxylic acids is 1. The Morgan fingerprint density at radius 3 is 2.74 bits per heavy atom. The van der Waals surface area contributed by atoms with Crippen molar-refractivity contribution in [2.24, 2.45) is 0 Å². The highest BCUT2D eigenvalue weighted by atomic mass is 16.6. The number of amides is 1. The normalized spacial score (nSPS) is 14.5. The number of hydrogen-bond donors (Lipinski definition) is 0. The highest BCUT2D eigenvalue weighted by molar-refractivity contribution is 5.68. The molecule has 1 aromatic rings. The summed E-state index contributed by atoms with van der Waals surface area (Å²) in [6, 6.07) is 7.77. The molecule has 1 heterocycles. The van der Waals surface area contributed by atoms with Crippen molar-refractivity contribution in [2.45, 2.75) is 39.3 Å². The SMILES string of the molecule is CC(C)(C)OC(=O)N1CCc2ccc(C#N)cc2C1. The average Bonchev–Trinajstić information content (AvgIpc) is 2.35. The van der Waals surface area contributed by atoms with Crippen LogP contribution in [0, 0.1) is 11.3 Å². The number of carbonyl (C=O) groups is 1. The lowest BCUT2D eigenvalue weighted by Gasteiger charge is -2.31. The third kappa shape index (κ3) is 3.25. The molecule has 0 aromatic heterocycles. The first-order valence-corrected chi connectivity index (χ1v) is 6.39. The number of rotatable bonds is 0. The van der Waals surface area contributed by atoms with E-state index in [-0.39, 0.29) is 6.09 Å². The average molecular weight is 258 g/mol. The van der Waals surface area contributed by atoms with E-state index in [9.17, 15) is 4.79 Å². The molecule has 0 atom stereocenters. The Labute approximate surface area is 113 Å². The molecule has 0 N–H and O–H groups in total. The molecule has 19 heavy (non-hydrogen) atoms. The summed E-state index contributed by atoms with van der Waals surface area (Å²) >= 11 is 0. The van der Waals surface area contributed by atoms with E-state index in [1.54, 1.807) is 4.90 Å². The zero-order chi connectivity index (χ0) is 14.0. The molecule has 1 aromatic carbocycles. The number of nitrogens with zero attached hydrogens (tertiary/aromatic N) is 2. The van der Waals surface area contributed by atoms with E-state index in [4.69, 9.17) is 10.00 Å². The van der Waals surface area contributed by atoms with E-state index < -0.39 is 5.60 Å². The monoisotopic (exact) mass is 258 g/mol. The van der Waals surface area contributed by atoms with Crippen LogP contribution in [0.15, 0.2) is 18.2 Å². The van der Waals surface area contributed by atoms with E-state index in [2.05, 4.69) is 6.07 Å². The van der Waals surface area contributed by atoms with Crippen LogP contribution in [0.4, 0.5) is 4.79 Å². The zero-order valence-corrected chi connectivity index (χ0v) is 11.6. The van der Waals surface area contributed by atoms with Crippen LogP contribution in [0.25, 0.3) is 0 Å². The van der Waals surface area contributed by atoms with Gasteiger partial charge >= 0.3 is 6.09 Å². The highest BCUT2D eigenvalue weighted by Crippen LogP contribution is 2.22. The Kier molecular flexibility index (Phi) is 3.48. The molecule has 1 aliphatic heterocycles. The van der Waals surface area contributed by atoms with Crippen molar-refractivity contribution in [3.8, 4) is 6.07 Å². The van der Waals surface area contributed by atoms with Crippen molar-refractivity contribution >= 4 is 6.09 Å². The van der Waals surface area contributed by atoms with Crippen LogP contribution in [0.5, 0.6) is 0 Å². The van der Waals surface area contributed by atoms with Crippen LogP contribution in [-0.4, -0.2) is 23.1 Å². The van der Waals surface area contributed by atoms with Gasteiger partial charge in [0.05, 0.1) is 11.6 Å². The van der Waals surface area contributed by atoms with Gasteiger partial charge < -0.3 is 9.64 Å². The predicted molar refractivity (Wildman–Crippen MR) is 71.5 cm³/mol. The van der Waals surface area contributed by atoms with Gasteiger partial charge in [0, 0.05) is 13.1 Å². The number of nitriles is 1. The molecule has 4 nitrogen and oxygen atoms in total. The van der Waals surface area contributed by atoms with Crippen LogP contribution in [-0.2, 0) is 17.7 Å². The second-order valence-corrected chi connectivity index (χ2v) is 5.75. The summed E-state index contributed by atoms with van der Waals surface area (Å²) in [4.78, 5) is 13.7. The molecule has 0 unspecified atom stereocenters. The number of benzene rings is 1. The first kappa shape index (κ1) is 13.4. The van der Waals surface area contributed by atoms with Crippen molar-refractivity contribution in [1.82, 2.24) is 4.90 Å². The molecule has 100 valence electrons. The summed E-state index contributed by atoms with van der Waals surface area (Å²) in [5.74, 6) is 0. The topological polar surface area (TPSA) is 53.3 Å². The standard InChI is InChI=1S/C15H18N2O2/c1-15(2,3)19-14(18)17-7-6-12-5-4-11(9-16)8-13(12)10-17/h4-5,8H,6-7,10H2,1-3H3. The molecule has 0 radical (unpaired) electrons. The van der Waals surface area contributed by atoms with E-state index in [1.165, 1.54) is 5.56 Å². The molecule has 4 heteroatoms. The minimum absolute atomic E-state index is 0.291. The molecular weight excluding hydrogens is 240 g/mol.